The van der Waals surface area contributed by atoms with E-state index in [4.69, 9.17) is 11.5 Å². The first-order chi connectivity index (χ1) is 16.9. The van der Waals surface area contributed by atoms with Crippen LogP contribution in [0.1, 0.15) is 38.7 Å². The van der Waals surface area contributed by atoms with Crippen LogP contribution in [0.15, 0.2) is 24.3 Å². The van der Waals surface area contributed by atoms with Gasteiger partial charge in [0, 0.05) is 12.8 Å². The number of phenols is 1. The van der Waals surface area contributed by atoms with Crippen LogP contribution in [0.5, 0.6) is 5.75 Å². The lowest BCUT2D eigenvalue weighted by Crippen LogP contribution is -2.59. The molecule has 1 rings (SSSR count). The van der Waals surface area contributed by atoms with Gasteiger partial charge in [0.25, 0.3) is 0 Å². The van der Waals surface area contributed by atoms with Crippen molar-refractivity contribution >= 4 is 29.6 Å². The standard InChI is InChI=1S/C23H35N5O8/c1-3-12(2)19(28-20(32)15(24)8-9-18(25)31)22(34)27-17(11-29)21(33)26-16(23(35)36)10-13-4-6-14(30)7-5-13/h4-7,12,15-17,19,29-30H,3,8-11,24H2,1-2H3,(H2,25,31)(H,26,33)(H,27,34)(H,28,32)(H,35,36). The predicted molar refractivity (Wildman–Crippen MR) is 128 cm³/mol. The molecule has 0 heterocycles. The van der Waals surface area contributed by atoms with E-state index in [1.165, 1.54) is 24.3 Å². The smallest absolute Gasteiger partial charge is 0.326 e. The van der Waals surface area contributed by atoms with E-state index in [0.29, 0.717) is 12.0 Å². The number of carbonyl (C=O) groups is 5. The summed E-state index contributed by atoms with van der Waals surface area (Å²) in [5.74, 6) is -4.77. The van der Waals surface area contributed by atoms with E-state index in [9.17, 15) is 39.3 Å². The number of benzene rings is 1. The van der Waals surface area contributed by atoms with Crippen molar-refractivity contribution in [3.63, 3.8) is 0 Å². The van der Waals surface area contributed by atoms with Gasteiger partial charge in [-0.05, 0) is 30.0 Å². The van der Waals surface area contributed by atoms with Gasteiger partial charge >= 0.3 is 5.97 Å². The van der Waals surface area contributed by atoms with Gasteiger partial charge in [-0.25, -0.2) is 4.79 Å². The van der Waals surface area contributed by atoms with Crippen molar-refractivity contribution in [2.75, 3.05) is 6.61 Å². The van der Waals surface area contributed by atoms with Gasteiger partial charge in [0.2, 0.25) is 23.6 Å². The van der Waals surface area contributed by atoms with E-state index < -0.39 is 60.4 Å². The third kappa shape index (κ3) is 9.88. The molecule has 13 nitrogen and oxygen atoms in total. The summed E-state index contributed by atoms with van der Waals surface area (Å²) in [7, 11) is 0. The fourth-order valence-electron chi connectivity index (χ4n) is 3.19. The number of nitrogens with one attached hydrogen (secondary N) is 3. The number of carbonyl (C=O) groups excluding carboxylic acids is 4. The first kappa shape index (κ1) is 30.3. The highest BCUT2D eigenvalue weighted by Crippen LogP contribution is 2.12. The van der Waals surface area contributed by atoms with Gasteiger partial charge in [-0.15, -0.1) is 0 Å². The van der Waals surface area contributed by atoms with E-state index in [0.717, 1.165) is 0 Å². The van der Waals surface area contributed by atoms with Gasteiger partial charge in [0.1, 0.15) is 23.9 Å². The molecule has 0 saturated heterocycles. The van der Waals surface area contributed by atoms with Gasteiger partial charge in [-0.1, -0.05) is 32.4 Å². The average Bonchev–Trinajstić information content (AvgIpc) is 2.83. The zero-order valence-corrected chi connectivity index (χ0v) is 20.3. The maximum Gasteiger partial charge on any atom is 0.326 e. The highest BCUT2D eigenvalue weighted by Gasteiger charge is 2.32. The van der Waals surface area contributed by atoms with Crippen LogP contribution in [0.4, 0.5) is 0 Å². The number of phenolic OH excluding ortho intramolecular Hbond substituents is 1. The molecule has 0 aliphatic carbocycles. The number of carboxylic acid groups (broad SMARTS) is 1. The minimum Gasteiger partial charge on any atom is -0.508 e. The Labute approximate surface area is 208 Å². The van der Waals surface area contributed by atoms with Gasteiger partial charge in [0.15, 0.2) is 0 Å². The topological polar surface area (TPSA) is 234 Å². The number of rotatable bonds is 15. The van der Waals surface area contributed by atoms with E-state index in [1.54, 1.807) is 13.8 Å². The molecule has 4 amide bonds. The number of aliphatic carboxylic acids is 1. The molecule has 0 spiro atoms. The Balaban J connectivity index is 2.88. The van der Waals surface area contributed by atoms with Crippen molar-refractivity contribution in [3.8, 4) is 5.75 Å². The number of nitrogens with two attached hydrogens (primary N) is 2. The Morgan fingerprint density at radius 2 is 1.53 bits per heavy atom. The van der Waals surface area contributed by atoms with E-state index >= 15 is 0 Å². The molecule has 200 valence electrons. The summed E-state index contributed by atoms with van der Waals surface area (Å²) in [5, 5.41) is 35.7. The maximum absolute atomic E-state index is 12.9. The number of hydrogen-bond donors (Lipinski definition) is 8. The monoisotopic (exact) mass is 509 g/mol. The highest BCUT2D eigenvalue weighted by molar-refractivity contribution is 5.94. The number of amides is 4. The van der Waals surface area contributed by atoms with E-state index in [-0.39, 0.29) is 30.9 Å². The molecule has 10 N–H and O–H groups in total. The molecular formula is C23H35N5O8. The summed E-state index contributed by atoms with van der Waals surface area (Å²) >= 11 is 0. The van der Waals surface area contributed by atoms with Crippen LogP contribution in [-0.4, -0.2) is 75.7 Å². The number of hydrogen-bond acceptors (Lipinski definition) is 8. The summed E-state index contributed by atoms with van der Waals surface area (Å²) < 4.78 is 0. The van der Waals surface area contributed by atoms with Crippen molar-refractivity contribution < 1.29 is 39.3 Å². The molecule has 5 unspecified atom stereocenters. The maximum atomic E-state index is 12.9. The fraction of sp³-hybridized carbons (Fsp3) is 0.522. The lowest BCUT2D eigenvalue weighted by atomic mass is 9.97. The van der Waals surface area contributed by atoms with Crippen molar-refractivity contribution in [1.29, 1.82) is 0 Å². The lowest BCUT2D eigenvalue weighted by molar-refractivity contribution is -0.142. The molecule has 1 aromatic rings. The summed E-state index contributed by atoms with van der Waals surface area (Å²) in [4.78, 5) is 60.6. The summed E-state index contributed by atoms with van der Waals surface area (Å²) in [5.41, 5.74) is 11.3. The minimum atomic E-state index is -1.49. The number of aliphatic hydroxyl groups excluding tert-OH is 1. The van der Waals surface area contributed by atoms with Crippen molar-refractivity contribution in [3.05, 3.63) is 29.8 Å². The first-order valence-corrected chi connectivity index (χ1v) is 11.5. The van der Waals surface area contributed by atoms with E-state index in [1.807, 2.05) is 0 Å². The normalized spacial score (nSPS) is 15.0. The highest BCUT2D eigenvalue weighted by atomic mass is 16.4. The third-order valence-electron chi connectivity index (χ3n) is 5.64. The Hall–Kier alpha value is -3.71. The molecule has 13 heteroatoms. The first-order valence-electron chi connectivity index (χ1n) is 11.5. The quantitative estimate of drug-likeness (QED) is 0.132. The number of aliphatic hydroxyl groups is 1. The second-order valence-electron chi connectivity index (χ2n) is 8.50. The van der Waals surface area contributed by atoms with Crippen LogP contribution in [0.25, 0.3) is 0 Å². The zero-order valence-electron chi connectivity index (χ0n) is 20.3. The molecule has 0 aliphatic heterocycles. The molecule has 0 fully saturated rings. The summed E-state index contributed by atoms with van der Waals surface area (Å²) in [6, 6.07) is 0.659. The molecule has 0 aliphatic rings. The zero-order chi connectivity index (χ0) is 27.4. The molecular weight excluding hydrogens is 474 g/mol. The van der Waals surface area contributed by atoms with Gasteiger partial charge in [-0.2, -0.15) is 0 Å². The second-order valence-corrected chi connectivity index (χ2v) is 8.50. The van der Waals surface area contributed by atoms with Crippen LogP contribution in [0, 0.1) is 5.92 Å². The van der Waals surface area contributed by atoms with Crippen molar-refractivity contribution in [2.24, 2.45) is 17.4 Å². The van der Waals surface area contributed by atoms with Crippen molar-refractivity contribution in [2.45, 2.75) is 63.7 Å². The molecule has 36 heavy (non-hydrogen) atoms. The molecule has 5 atom stereocenters. The molecule has 0 aromatic heterocycles. The SMILES string of the molecule is CCC(C)C(NC(=O)C(N)CCC(N)=O)C(=O)NC(CO)C(=O)NC(Cc1ccc(O)cc1)C(=O)O. The van der Waals surface area contributed by atoms with Gasteiger partial charge < -0.3 is 42.7 Å². The Morgan fingerprint density at radius 1 is 0.944 bits per heavy atom. The fourth-order valence-corrected chi connectivity index (χ4v) is 3.19. The van der Waals surface area contributed by atoms with E-state index in [2.05, 4.69) is 16.0 Å². The van der Waals surface area contributed by atoms with Crippen LogP contribution in [-0.2, 0) is 30.4 Å². The van der Waals surface area contributed by atoms with Gasteiger partial charge in [0.05, 0.1) is 12.6 Å². The van der Waals surface area contributed by atoms with Crippen LogP contribution < -0.4 is 27.4 Å². The van der Waals surface area contributed by atoms with Crippen molar-refractivity contribution in [1.82, 2.24) is 16.0 Å². The second kappa shape index (κ2) is 14.6. The third-order valence-corrected chi connectivity index (χ3v) is 5.64. The largest absolute Gasteiger partial charge is 0.508 e. The van der Waals surface area contributed by atoms with Gasteiger partial charge in [-0.3, -0.25) is 19.2 Å². The summed E-state index contributed by atoms with van der Waals surface area (Å²) in [6.07, 6.45) is 0.229. The molecule has 1 aromatic carbocycles. The summed E-state index contributed by atoms with van der Waals surface area (Å²) in [6.45, 7) is 2.63. The van der Waals surface area contributed by atoms with Crippen LogP contribution >= 0.6 is 0 Å². The number of aromatic hydroxyl groups is 1. The molecule has 0 radical (unpaired) electrons. The Morgan fingerprint density at radius 3 is 2.03 bits per heavy atom. The predicted octanol–water partition coefficient (Wildman–Crippen LogP) is -1.90. The van der Waals surface area contributed by atoms with Crippen LogP contribution in [0.3, 0.4) is 0 Å². The minimum absolute atomic E-state index is 0.00510. The Kier molecular flexibility index (Phi) is 12.3. The number of carboxylic acids is 1. The van der Waals surface area contributed by atoms with Crippen LogP contribution in [0.2, 0.25) is 0 Å². The Bertz CT molecular complexity index is 924. The average molecular weight is 510 g/mol. The lowest BCUT2D eigenvalue weighted by Gasteiger charge is -2.27. The molecule has 0 bridgehead atoms. The number of primary amides is 1. The molecule has 0 saturated carbocycles.